The first kappa shape index (κ1) is 20.2. The van der Waals surface area contributed by atoms with Crippen LogP contribution in [0.15, 0.2) is 4.99 Å². The van der Waals surface area contributed by atoms with Crippen LogP contribution in [0.5, 0.6) is 0 Å². The number of rotatable bonds is 9. The fourth-order valence-electron chi connectivity index (χ4n) is 1.98. The number of nitrogens with one attached hydrogen (secondary N) is 1. The van der Waals surface area contributed by atoms with Gasteiger partial charge in [-0.2, -0.15) is 5.26 Å². The maximum atomic E-state index is 7.47. The summed E-state index contributed by atoms with van der Waals surface area (Å²) in [6.07, 6.45) is 9.54. The van der Waals surface area contributed by atoms with Gasteiger partial charge in [-0.25, -0.2) is 5.41 Å². The van der Waals surface area contributed by atoms with Crippen molar-refractivity contribution in [3.8, 4) is 6.19 Å². The third kappa shape index (κ3) is 14.8. The van der Waals surface area contributed by atoms with Crippen molar-refractivity contribution < 1.29 is 4.48 Å². The Hall–Kier alpha value is -1.17. The van der Waals surface area contributed by atoms with Gasteiger partial charge in [-0.1, -0.05) is 40.0 Å². The Kier molecular flexibility index (Phi) is 15.8. The van der Waals surface area contributed by atoms with E-state index < -0.39 is 0 Å². The van der Waals surface area contributed by atoms with Gasteiger partial charge in [0, 0.05) is 0 Å². The molecule has 0 unspecified atom stereocenters. The number of hydrogen-bond donors (Lipinski definition) is 1. The van der Waals surface area contributed by atoms with Crippen LogP contribution in [0.3, 0.4) is 0 Å². The number of nitrogens with zero attached hydrogens (tertiary/aromatic N) is 3. The Balaban J connectivity index is 0. The van der Waals surface area contributed by atoms with Gasteiger partial charge in [-0.3, -0.25) is 0 Å². The minimum absolute atomic E-state index is 1.32. The van der Waals surface area contributed by atoms with Gasteiger partial charge in [0.25, 0.3) is 0 Å². The molecule has 0 aromatic heterocycles. The van der Waals surface area contributed by atoms with Crippen LogP contribution in [0.1, 0.15) is 59.3 Å². The van der Waals surface area contributed by atoms with Crippen LogP contribution in [0.2, 0.25) is 0 Å². The highest BCUT2D eigenvalue weighted by Gasteiger charge is 2.18. The monoisotopic (exact) mass is 267 g/mol. The Morgan fingerprint density at radius 2 is 1.32 bits per heavy atom. The number of aliphatic imine (C=N–C) groups is 1. The highest BCUT2D eigenvalue weighted by atomic mass is 15.3. The van der Waals surface area contributed by atoms with E-state index in [2.05, 4.69) is 32.8 Å². The molecule has 0 aliphatic heterocycles. The van der Waals surface area contributed by atoms with Crippen molar-refractivity contribution >= 4 is 6.01 Å². The van der Waals surface area contributed by atoms with Crippen molar-refractivity contribution in [3.05, 3.63) is 0 Å². The Morgan fingerprint density at radius 1 is 0.947 bits per heavy atom. The van der Waals surface area contributed by atoms with Crippen LogP contribution in [0.25, 0.3) is 0 Å². The SMILES string of the molecule is CCCC[N+](C)(CCCC)CCCC.N#CN=C=N. The fraction of sp³-hybridized carbons (Fsp3) is 0.867. The highest BCUT2D eigenvalue weighted by molar-refractivity contribution is 5.37. The first-order chi connectivity index (χ1) is 9.10. The van der Waals surface area contributed by atoms with Crippen LogP contribution in [-0.2, 0) is 0 Å². The third-order valence-electron chi connectivity index (χ3n) is 3.26. The van der Waals surface area contributed by atoms with Gasteiger partial charge in [0.2, 0.25) is 6.19 Å². The number of unbranched alkanes of at least 4 members (excludes halogenated alkanes) is 3. The van der Waals surface area contributed by atoms with Crippen LogP contribution < -0.4 is 0 Å². The van der Waals surface area contributed by atoms with Gasteiger partial charge in [0.05, 0.1) is 26.7 Å². The van der Waals surface area contributed by atoms with Crippen molar-refractivity contribution in [2.24, 2.45) is 4.99 Å². The average molecular weight is 267 g/mol. The summed E-state index contributed by atoms with van der Waals surface area (Å²) in [6, 6.07) is 1.53. The van der Waals surface area contributed by atoms with Gasteiger partial charge in [-0.05, 0) is 19.3 Å². The van der Waals surface area contributed by atoms with Gasteiger partial charge >= 0.3 is 0 Å². The highest BCUT2D eigenvalue weighted by Crippen LogP contribution is 2.10. The van der Waals surface area contributed by atoms with Crippen molar-refractivity contribution in [2.75, 3.05) is 26.7 Å². The molecular formula is C15H31N4+. The van der Waals surface area contributed by atoms with E-state index in [-0.39, 0.29) is 0 Å². The van der Waals surface area contributed by atoms with E-state index in [1.54, 1.807) is 0 Å². The summed E-state index contributed by atoms with van der Waals surface area (Å²) in [6.45, 7) is 11.0. The van der Waals surface area contributed by atoms with Gasteiger partial charge in [0.1, 0.15) is 6.01 Å². The van der Waals surface area contributed by atoms with Crippen molar-refractivity contribution in [1.29, 1.82) is 10.7 Å². The normalized spacial score (nSPS) is 9.84. The van der Waals surface area contributed by atoms with E-state index >= 15 is 0 Å². The molecule has 19 heavy (non-hydrogen) atoms. The van der Waals surface area contributed by atoms with E-state index in [1.807, 2.05) is 0 Å². The first-order valence-corrected chi connectivity index (χ1v) is 7.44. The quantitative estimate of drug-likeness (QED) is 0.382. The van der Waals surface area contributed by atoms with Crippen LogP contribution >= 0.6 is 0 Å². The molecule has 1 N–H and O–H groups in total. The maximum absolute atomic E-state index is 7.47. The van der Waals surface area contributed by atoms with Gasteiger partial charge in [0.15, 0.2) is 0 Å². The first-order valence-electron chi connectivity index (χ1n) is 7.44. The molecule has 0 atom stereocenters. The van der Waals surface area contributed by atoms with Gasteiger partial charge < -0.3 is 4.48 Å². The molecule has 0 saturated heterocycles. The zero-order chi connectivity index (χ0) is 15.0. The molecule has 4 nitrogen and oxygen atoms in total. The van der Waals surface area contributed by atoms with E-state index in [4.69, 9.17) is 10.7 Å². The summed E-state index contributed by atoms with van der Waals surface area (Å²) in [5, 5.41) is 13.4. The Bertz CT molecular complexity index is 253. The van der Waals surface area contributed by atoms with E-state index in [0.29, 0.717) is 0 Å². The fourth-order valence-corrected chi connectivity index (χ4v) is 1.98. The molecule has 0 radical (unpaired) electrons. The lowest BCUT2D eigenvalue weighted by Crippen LogP contribution is -2.46. The molecule has 0 aliphatic rings. The molecule has 0 saturated carbocycles. The average Bonchev–Trinajstić information content (AvgIpc) is 2.42. The second kappa shape index (κ2) is 14.9. The number of hydrogen-bond acceptors (Lipinski definition) is 3. The van der Waals surface area contributed by atoms with E-state index in [9.17, 15) is 0 Å². The molecule has 0 heterocycles. The Morgan fingerprint density at radius 3 is 1.47 bits per heavy atom. The van der Waals surface area contributed by atoms with Crippen LogP contribution in [-0.4, -0.2) is 37.2 Å². The smallest absolute Gasteiger partial charge is 0.216 e. The van der Waals surface area contributed by atoms with Crippen molar-refractivity contribution in [2.45, 2.75) is 59.3 Å². The lowest BCUT2D eigenvalue weighted by atomic mass is 10.2. The van der Waals surface area contributed by atoms with Crippen LogP contribution in [0.4, 0.5) is 0 Å². The molecule has 0 rings (SSSR count). The van der Waals surface area contributed by atoms with Crippen molar-refractivity contribution in [1.82, 2.24) is 0 Å². The molecule has 0 fully saturated rings. The zero-order valence-corrected chi connectivity index (χ0v) is 13.2. The summed E-state index contributed by atoms with van der Waals surface area (Å²) in [5.41, 5.74) is 0. The van der Waals surface area contributed by atoms with Crippen molar-refractivity contribution in [3.63, 3.8) is 0 Å². The predicted molar refractivity (Wildman–Crippen MR) is 81.3 cm³/mol. The molecule has 0 aliphatic carbocycles. The summed E-state index contributed by atoms with van der Waals surface area (Å²) < 4.78 is 1.32. The predicted octanol–water partition coefficient (Wildman–Crippen LogP) is 4.05. The standard InChI is InChI=1S/C13H30N.C2HN3/c1-5-8-11-14(4,12-9-6-2)13-10-7-3;3-1-5-2-4/h5-13H2,1-4H3;3H/q+1;. The minimum Gasteiger partial charge on any atom is -0.326 e. The summed E-state index contributed by atoms with van der Waals surface area (Å²) >= 11 is 0. The second-order valence-electron chi connectivity index (χ2n) is 5.17. The Labute approximate surface area is 119 Å². The molecule has 110 valence electrons. The number of nitriles is 1. The largest absolute Gasteiger partial charge is 0.326 e. The zero-order valence-electron chi connectivity index (χ0n) is 13.2. The van der Waals surface area contributed by atoms with Gasteiger partial charge in [-0.15, -0.1) is 4.99 Å². The van der Waals surface area contributed by atoms with E-state index in [1.165, 1.54) is 74.8 Å². The van der Waals surface area contributed by atoms with Crippen LogP contribution in [0, 0.1) is 16.9 Å². The molecule has 4 heteroatoms. The molecule has 0 aromatic rings. The molecular weight excluding hydrogens is 236 g/mol. The van der Waals surface area contributed by atoms with E-state index in [0.717, 1.165) is 0 Å². The summed E-state index contributed by atoms with van der Waals surface area (Å²) in [5.74, 6) is 0. The lowest BCUT2D eigenvalue weighted by molar-refractivity contribution is -0.910. The topological polar surface area (TPSA) is 60.0 Å². The molecule has 0 aromatic carbocycles. The minimum atomic E-state index is 1.32. The lowest BCUT2D eigenvalue weighted by Gasteiger charge is -2.34. The molecule has 0 bridgehead atoms. The number of quaternary nitrogens is 1. The summed E-state index contributed by atoms with van der Waals surface area (Å²) in [7, 11) is 2.45. The summed E-state index contributed by atoms with van der Waals surface area (Å²) in [4.78, 5) is 2.69. The maximum Gasteiger partial charge on any atom is 0.216 e. The molecule has 0 spiro atoms. The third-order valence-corrected chi connectivity index (χ3v) is 3.26. The second-order valence-corrected chi connectivity index (χ2v) is 5.17. The molecule has 0 amide bonds.